The van der Waals surface area contributed by atoms with Crippen molar-refractivity contribution in [3.63, 3.8) is 0 Å². The Labute approximate surface area is 253 Å². The summed E-state index contributed by atoms with van der Waals surface area (Å²) < 4.78 is 51.9. The Bertz CT molecular complexity index is 1180. The molecule has 43 heavy (non-hydrogen) atoms. The van der Waals surface area contributed by atoms with Gasteiger partial charge in [0.05, 0.1) is 38.5 Å². The van der Waals surface area contributed by atoms with Crippen LogP contribution in [0.15, 0.2) is 60.7 Å². The molecule has 10 heteroatoms. The van der Waals surface area contributed by atoms with E-state index < -0.39 is 42.0 Å². The van der Waals surface area contributed by atoms with Crippen LogP contribution in [-0.4, -0.2) is 91.4 Å². The first kappa shape index (κ1) is 31.8. The van der Waals surface area contributed by atoms with Gasteiger partial charge >= 0.3 is 6.09 Å². The fourth-order valence-electron chi connectivity index (χ4n) is 5.89. The van der Waals surface area contributed by atoms with Crippen molar-refractivity contribution in [3.05, 3.63) is 71.8 Å². The van der Waals surface area contributed by atoms with Gasteiger partial charge in [-0.2, -0.15) is 0 Å². The summed E-state index contributed by atoms with van der Waals surface area (Å²) in [5, 5.41) is 3.41. The number of nitrogens with one attached hydrogen (secondary N) is 1. The lowest BCUT2D eigenvalue weighted by molar-refractivity contribution is -0.160. The normalized spacial score (nSPS) is 30.0. The van der Waals surface area contributed by atoms with Gasteiger partial charge < -0.3 is 33.7 Å². The molecular weight excluding hydrogens is 555 g/mol. The number of carbonyl (C=O) groups is 1. The highest BCUT2D eigenvalue weighted by Crippen LogP contribution is 2.37. The average molecular weight is 601 g/mol. The maximum absolute atomic E-state index is 15.8. The number of benzene rings is 2. The maximum atomic E-state index is 15.8. The Balaban J connectivity index is 1.22. The molecule has 0 saturated carbocycles. The zero-order valence-corrected chi connectivity index (χ0v) is 25.7. The number of fused-ring (bicyclic) bond motifs is 1. The van der Waals surface area contributed by atoms with Crippen LogP contribution in [-0.2, 0) is 41.6 Å². The molecule has 0 aromatic heterocycles. The Kier molecular flexibility index (Phi) is 10.0. The second-order valence-corrected chi connectivity index (χ2v) is 12.9. The number of hydrogen-bond donors (Lipinski definition) is 1. The van der Waals surface area contributed by atoms with Gasteiger partial charge in [-0.05, 0) is 45.7 Å². The molecule has 2 aromatic rings. The smallest absolute Gasteiger partial charge is 0.410 e. The van der Waals surface area contributed by atoms with Gasteiger partial charge in [-0.25, -0.2) is 9.18 Å². The van der Waals surface area contributed by atoms with E-state index in [2.05, 4.69) is 5.32 Å². The minimum Gasteiger partial charge on any atom is -0.444 e. The van der Waals surface area contributed by atoms with Crippen LogP contribution in [0.4, 0.5) is 9.18 Å². The van der Waals surface area contributed by atoms with Crippen molar-refractivity contribution in [2.75, 3.05) is 26.2 Å². The largest absolute Gasteiger partial charge is 0.444 e. The maximum Gasteiger partial charge on any atom is 0.410 e. The molecule has 9 nitrogen and oxygen atoms in total. The lowest BCUT2D eigenvalue weighted by Gasteiger charge is -2.32. The van der Waals surface area contributed by atoms with Crippen molar-refractivity contribution in [2.45, 2.75) is 102 Å². The van der Waals surface area contributed by atoms with Crippen LogP contribution in [0.5, 0.6) is 0 Å². The van der Waals surface area contributed by atoms with Gasteiger partial charge in [0.25, 0.3) is 0 Å². The first-order valence-electron chi connectivity index (χ1n) is 15.1. The molecule has 1 amide bonds. The van der Waals surface area contributed by atoms with E-state index in [0.717, 1.165) is 11.1 Å². The summed E-state index contributed by atoms with van der Waals surface area (Å²) in [6, 6.07) is 19.1. The van der Waals surface area contributed by atoms with E-state index in [1.807, 2.05) is 95.3 Å². The number of ether oxygens (including phenoxy) is 6. The fourth-order valence-corrected chi connectivity index (χ4v) is 5.89. The number of rotatable bonds is 11. The zero-order chi connectivity index (χ0) is 30.6. The van der Waals surface area contributed by atoms with E-state index in [1.165, 1.54) is 0 Å². The third kappa shape index (κ3) is 8.32. The van der Waals surface area contributed by atoms with Gasteiger partial charge in [0.15, 0.2) is 12.0 Å². The van der Waals surface area contributed by atoms with Gasteiger partial charge in [-0.15, -0.1) is 0 Å². The minimum absolute atomic E-state index is 0.108. The summed E-state index contributed by atoms with van der Waals surface area (Å²) in [4.78, 5) is 14.8. The number of likely N-dealkylation sites (tertiary alicyclic amines) is 1. The molecule has 0 aliphatic carbocycles. The zero-order valence-electron chi connectivity index (χ0n) is 25.7. The molecule has 3 fully saturated rings. The highest BCUT2D eigenvalue weighted by Gasteiger charge is 2.54. The first-order valence-corrected chi connectivity index (χ1v) is 15.1. The first-order chi connectivity index (χ1) is 20.5. The van der Waals surface area contributed by atoms with Gasteiger partial charge in [0.1, 0.15) is 30.0 Å². The summed E-state index contributed by atoms with van der Waals surface area (Å²) in [6.07, 6.45) is -4.49. The Morgan fingerprint density at radius 1 is 0.977 bits per heavy atom. The average Bonchev–Trinajstić information content (AvgIpc) is 3.55. The molecule has 0 radical (unpaired) electrons. The standard InChI is InChI=1S/C33H45FN2O7/c1-32(2,3)43-31(37)36-18-26-29(42-33(4,5)41-26)24(36)16-35-17-25-30(39-20-23-14-10-7-11-15-23)28(34)27(40-25)21-38-19-22-12-8-6-9-13-22/h6-15,24-30,35H,16-21H2,1-5H3/t24-,25-,26+,27-,28+,29-,30-/m1/s1. The SMILES string of the molecule is CC(C)(C)OC(=O)N1C[C@@H]2OC(C)(C)O[C@@H]2[C@H]1CNC[C@H]1O[C@H](COCc2ccccc2)[C@H](F)[C@@H]1OCc1ccccc1. The summed E-state index contributed by atoms with van der Waals surface area (Å²) in [6.45, 7) is 11.1. The molecule has 3 aliphatic heterocycles. The van der Waals surface area contributed by atoms with Crippen molar-refractivity contribution in [1.82, 2.24) is 10.2 Å². The molecule has 5 rings (SSSR count). The van der Waals surface area contributed by atoms with Crippen molar-refractivity contribution in [3.8, 4) is 0 Å². The molecule has 0 spiro atoms. The highest BCUT2D eigenvalue weighted by atomic mass is 19.1. The van der Waals surface area contributed by atoms with E-state index in [9.17, 15) is 4.79 Å². The number of amides is 1. The van der Waals surface area contributed by atoms with Crippen molar-refractivity contribution in [2.24, 2.45) is 0 Å². The molecule has 0 bridgehead atoms. The highest BCUT2D eigenvalue weighted by molar-refractivity contribution is 5.69. The predicted molar refractivity (Wildman–Crippen MR) is 158 cm³/mol. The Morgan fingerprint density at radius 3 is 2.28 bits per heavy atom. The van der Waals surface area contributed by atoms with Crippen LogP contribution in [0, 0.1) is 0 Å². The molecular formula is C33H45FN2O7. The minimum atomic E-state index is -1.37. The third-order valence-corrected chi connectivity index (χ3v) is 7.77. The quantitative estimate of drug-likeness (QED) is 0.400. The van der Waals surface area contributed by atoms with Gasteiger partial charge in [-0.3, -0.25) is 4.90 Å². The van der Waals surface area contributed by atoms with Gasteiger partial charge in [0, 0.05) is 13.1 Å². The van der Waals surface area contributed by atoms with Crippen LogP contribution < -0.4 is 5.32 Å². The predicted octanol–water partition coefficient (Wildman–Crippen LogP) is 4.62. The molecule has 3 saturated heterocycles. The van der Waals surface area contributed by atoms with E-state index in [4.69, 9.17) is 28.4 Å². The van der Waals surface area contributed by atoms with Crippen LogP contribution in [0.2, 0.25) is 0 Å². The van der Waals surface area contributed by atoms with E-state index in [-0.39, 0.29) is 31.5 Å². The summed E-state index contributed by atoms with van der Waals surface area (Å²) in [5.74, 6) is -0.743. The topological polar surface area (TPSA) is 87.7 Å². The summed E-state index contributed by atoms with van der Waals surface area (Å²) in [7, 11) is 0. The monoisotopic (exact) mass is 600 g/mol. The number of carbonyl (C=O) groups excluding carboxylic acids is 1. The van der Waals surface area contributed by atoms with Crippen LogP contribution in [0.1, 0.15) is 45.7 Å². The molecule has 3 aliphatic rings. The Morgan fingerprint density at radius 2 is 1.63 bits per heavy atom. The molecule has 7 atom stereocenters. The molecule has 236 valence electrons. The van der Waals surface area contributed by atoms with E-state index in [1.54, 1.807) is 4.90 Å². The Hall–Kier alpha value is -2.60. The van der Waals surface area contributed by atoms with Crippen LogP contribution in [0.3, 0.4) is 0 Å². The summed E-state index contributed by atoms with van der Waals surface area (Å²) >= 11 is 0. The lowest BCUT2D eigenvalue weighted by atomic mass is 10.1. The number of alkyl halides is 1. The summed E-state index contributed by atoms with van der Waals surface area (Å²) in [5.41, 5.74) is 1.33. The van der Waals surface area contributed by atoms with Gasteiger partial charge in [0.2, 0.25) is 0 Å². The molecule has 2 aromatic carbocycles. The lowest BCUT2D eigenvalue weighted by Crippen LogP contribution is -2.50. The van der Waals surface area contributed by atoms with Crippen molar-refractivity contribution >= 4 is 6.09 Å². The second-order valence-electron chi connectivity index (χ2n) is 12.9. The van der Waals surface area contributed by atoms with Crippen LogP contribution >= 0.6 is 0 Å². The fraction of sp³-hybridized carbons (Fsp3) is 0.606. The molecule has 1 N–H and O–H groups in total. The van der Waals surface area contributed by atoms with E-state index in [0.29, 0.717) is 26.2 Å². The molecule has 3 heterocycles. The third-order valence-electron chi connectivity index (χ3n) is 7.77. The molecule has 0 unspecified atom stereocenters. The van der Waals surface area contributed by atoms with Gasteiger partial charge in [-0.1, -0.05) is 60.7 Å². The van der Waals surface area contributed by atoms with Crippen molar-refractivity contribution in [1.29, 1.82) is 0 Å². The number of halogens is 1. The number of nitrogens with zero attached hydrogens (tertiary/aromatic N) is 1. The van der Waals surface area contributed by atoms with E-state index >= 15 is 4.39 Å². The number of hydrogen-bond acceptors (Lipinski definition) is 8. The van der Waals surface area contributed by atoms with Crippen LogP contribution in [0.25, 0.3) is 0 Å². The second kappa shape index (κ2) is 13.6. The van der Waals surface area contributed by atoms with Crippen molar-refractivity contribution < 1.29 is 37.6 Å².